The quantitative estimate of drug-likeness (QED) is 0.797. The van der Waals surface area contributed by atoms with Crippen molar-refractivity contribution in [1.29, 1.82) is 0 Å². The van der Waals surface area contributed by atoms with Crippen molar-refractivity contribution in [3.05, 3.63) is 0 Å². The fourth-order valence-corrected chi connectivity index (χ4v) is 3.38. The van der Waals surface area contributed by atoms with Gasteiger partial charge >= 0.3 is 0 Å². The van der Waals surface area contributed by atoms with E-state index in [-0.39, 0.29) is 11.8 Å². The third kappa shape index (κ3) is 4.77. The molecule has 4 heteroatoms. The summed E-state index contributed by atoms with van der Waals surface area (Å²) in [4.78, 5) is 12.2. The Morgan fingerprint density at radius 2 is 2.05 bits per heavy atom. The zero-order chi connectivity index (χ0) is 13.5. The molecule has 0 aromatic heterocycles. The molecule has 2 rings (SSSR count). The molecule has 4 nitrogen and oxygen atoms in total. The molecule has 1 amide bonds. The average molecular weight is 268 g/mol. The highest BCUT2D eigenvalue weighted by Crippen LogP contribution is 2.31. The van der Waals surface area contributed by atoms with Gasteiger partial charge in [-0.1, -0.05) is 12.8 Å². The van der Waals surface area contributed by atoms with Crippen molar-refractivity contribution >= 4 is 5.91 Å². The summed E-state index contributed by atoms with van der Waals surface area (Å²) in [5.74, 6) is 1.65. The van der Waals surface area contributed by atoms with Crippen molar-refractivity contribution in [3.8, 4) is 0 Å². The highest BCUT2D eigenvalue weighted by atomic mass is 16.5. The van der Waals surface area contributed by atoms with Crippen LogP contribution in [0, 0.1) is 17.8 Å². The number of amides is 1. The van der Waals surface area contributed by atoms with Gasteiger partial charge in [-0.25, -0.2) is 0 Å². The summed E-state index contributed by atoms with van der Waals surface area (Å²) in [6.45, 7) is 3.23. The topological polar surface area (TPSA) is 64.4 Å². The Labute approximate surface area is 116 Å². The van der Waals surface area contributed by atoms with E-state index in [1.54, 1.807) is 0 Å². The van der Waals surface area contributed by atoms with E-state index in [2.05, 4.69) is 5.32 Å². The molecule has 1 saturated carbocycles. The van der Waals surface area contributed by atoms with Crippen molar-refractivity contribution in [2.75, 3.05) is 26.3 Å². The first-order valence-corrected chi connectivity index (χ1v) is 7.85. The second-order valence-corrected chi connectivity index (χ2v) is 6.14. The summed E-state index contributed by atoms with van der Waals surface area (Å²) in [6, 6.07) is 0. The molecule has 3 unspecified atom stereocenters. The van der Waals surface area contributed by atoms with Gasteiger partial charge in [-0.05, 0) is 50.5 Å². The SMILES string of the molecule is NCCC1CCCC(C(=O)NCC2CCCOC2)C1. The standard InChI is InChI=1S/C15H28N2O2/c16-7-6-12-3-1-5-14(9-12)15(18)17-10-13-4-2-8-19-11-13/h12-14H,1-11,16H2,(H,17,18). The van der Waals surface area contributed by atoms with Gasteiger partial charge in [-0.2, -0.15) is 0 Å². The fourth-order valence-electron chi connectivity index (χ4n) is 3.38. The number of carbonyl (C=O) groups is 1. The molecular formula is C15H28N2O2. The van der Waals surface area contributed by atoms with Crippen LogP contribution in [-0.2, 0) is 9.53 Å². The minimum Gasteiger partial charge on any atom is -0.381 e. The number of nitrogens with two attached hydrogens (primary N) is 1. The maximum absolute atomic E-state index is 12.2. The van der Waals surface area contributed by atoms with Crippen LogP contribution in [0.25, 0.3) is 0 Å². The van der Waals surface area contributed by atoms with E-state index in [4.69, 9.17) is 10.5 Å². The number of carbonyl (C=O) groups excluding carboxylic acids is 1. The van der Waals surface area contributed by atoms with Crippen LogP contribution in [0.15, 0.2) is 0 Å². The molecule has 1 heterocycles. The summed E-state index contributed by atoms with van der Waals surface area (Å²) in [5, 5.41) is 3.13. The molecule has 2 fully saturated rings. The first-order chi connectivity index (χ1) is 9.29. The predicted octanol–water partition coefficient (Wildman–Crippen LogP) is 1.68. The van der Waals surface area contributed by atoms with Gasteiger partial charge < -0.3 is 15.8 Å². The number of hydrogen-bond acceptors (Lipinski definition) is 3. The Morgan fingerprint density at radius 1 is 1.21 bits per heavy atom. The maximum atomic E-state index is 12.2. The third-order valence-electron chi connectivity index (χ3n) is 4.55. The minimum absolute atomic E-state index is 0.217. The molecule has 2 aliphatic rings. The summed E-state index contributed by atoms with van der Waals surface area (Å²) >= 11 is 0. The van der Waals surface area contributed by atoms with E-state index >= 15 is 0 Å². The average Bonchev–Trinajstić information content (AvgIpc) is 2.46. The van der Waals surface area contributed by atoms with E-state index < -0.39 is 0 Å². The van der Waals surface area contributed by atoms with E-state index in [9.17, 15) is 4.79 Å². The first-order valence-electron chi connectivity index (χ1n) is 7.85. The Bertz CT molecular complexity index is 275. The smallest absolute Gasteiger partial charge is 0.223 e. The Morgan fingerprint density at radius 3 is 2.79 bits per heavy atom. The summed E-state index contributed by atoms with van der Waals surface area (Å²) in [7, 11) is 0. The lowest BCUT2D eigenvalue weighted by atomic mass is 9.79. The number of hydrogen-bond donors (Lipinski definition) is 2. The first kappa shape index (κ1) is 14.8. The van der Waals surface area contributed by atoms with Gasteiger partial charge in [0.15, 0.2) is 0 Å². The molecule has 0 spiro atoms. The van der Waals surface area contributed by atoms with Crippen LogP contribution in [0.5, 0.6) is 0 Å². The molecular weight excluding hydrogens is 240 g/mol. The van der Waals surface area contributed by atoms with Gasteiger partial charge in [0.05, 0.1) is 6.61 Å². The normalized spacial score (nSPS) is 31.9. The highest BCUT2D eigenvalue weighted by Gasteiger charge is 2.27. The third-order valence-corrected chi connectivity index (χ3v) is 4.55. The van der Waals surface area contributed by atoms with Crippen molar-refractivity contribution in [2.24, 2.45) is 23.5 Å². The van der Waals surface area contributed by atoms with Gasteiger partial charge in [0.1, 0.15) is 0 Å². The van der Waals surface area contributed by atoms with E-state index in [0.29, 0.717) is 11.8 Å². The molecule has 3 atom stereocenters. The molecule has 0 bridgehead atoms. The van der Waals surface area contributed by atoms with Crippen molar-refractivity contribution in [2.45, 2.75) is 44.9 Å². The highest BCUT2D eigenvalue weighted by molar-refractivity contribution is 5.78. The number of rotatable bonds is 5. The van der Waals surface area contributed by atoms with Crippen molar-refractivity contribution < 1.29 is 9.53 Å². The Kier molecular flexibility index (Phi) is 6.11. The number of ether oxygens (including phenoxy) is 1. The lowest BCUT2D eigenvalue weighted by Gasteiger charge is -2.29. The van der Waals surface area contributed by atoms with Gasteiger partial charge in [-0.3, -0.25) is 4.79 Å². The monoisotopic (exact) mass is 268 g/mol. The van der Waals surface area contributed by atoms with Crippen LogP contribution in [-0.4, -0.2) is 32.2 Å². The second-order valence-electron chi connectivity index (χ2n) is 6.14. The summed E-state index contributed by atoms with van der Waals surface area (Å²) in [6.07, 6.45) is 7.88. The second kappa shape index (κ2) is 7.85. The van der Waals surface area contributed by atoms with Crippen molar-refractivity contribution in [3.63, 3.8) is 0 Å². The van der Waals surface area contributed by atoms with Gasteiger partial charge in [0, 0.05) is 19.1 Å². The van der Waals surface area contributed by atoms with Gasteiger partial charge in [-0.15, -0.1) is 0 Å². The predicted molar refractivity (Wildman–Crippen MR) is 75.7 cm³/mol. The molecule has 3 N–H and O–H groups in total. The van der Waals surface area contributed by atoms with E-state index in [1.807, 2.05) is 0 Å². The molecule has 0 aromatic carbocycles. The van der Waals surface area contributed by atoms with Crippen LogP contribution in [0.2, 0.25) is 0 Å². The summed E-state index contributed by atoms with van der Waals surface area (Å²) in [5.41, 5.74) is 5.62. The zero-order valence-corrected chi connectivity index (χ0v) is 11.9. The molecule has 1 aliphatic heterocycles. The van der Waals surface area contributed by atoms with Gasteiger partial charge in [0.2, 0.25) is 5.91 Å². The lowest BCUT2D eigenvalue weighted by Crippen LogP contribution is -2.38. The van der Waals surface area contributed by atoms with Gasteiger partial charge in [0.25, 0.3) is 0 Å². The minimum atomic E-state index is 0.217. The maximum Gasteiger partial charge on any atom is 0.223 e. The largest absolute Gasteiger partial charge is 0.381 e. The number of nitrogens with one attached hydrogen (secondary N) is 1. The van der Waals surface area contributed by atoms with Crippen LogP contribution in [0.3, 0.4) is 0 Å². The Balaban J connectivity index is 1.69. The Hall–Kier alpha value is -0.610. The van der Waals surface area contributed by atoms with E-state index in [1.165, 1.54) is 19.3 Å². The van der Waals surface area contributed by atoms with Crippen molar-refractivity contribution in [1.82, 2.24) is 5.32 Å². The van der Waals surface area contributed by atoms with Crippen LogP contribution in [0.1, 0.15) is 44.9 Å². The lowest BCUT2D eigenvalue weighted by molar-refractivity contribution is -0.126. The molecule has 0 aromatic rings. The van der Waals surface area contributed by atoms with Crippen LogP contribution in [0.4, 0.5) is 0 Å². The zero-order valence-electron chi connectivity index (χ0n) is 11.9. The fraction of sp³-hybridized carbons (Fsp3) is 0.933. The molecule has 1 saturated heterocycles. The molecule has 19 heavy (non-hydrogen) atoms. The molecule has 110 valence electrons. The van der Waals surface area contributed by atoms with Crippen LogP contribution < -0.4 is 11.1 Å². The van der Waals surface area contributed by atoms with Crippen LogP contribution >= 0.6 is 0 Å². The molecule has 1 aliphatic carbocycles. The van der Waals surface area contributed by atoms with E-state index in [0.717, 1.165) is 52.0 Å². The molecule has 0 radical (unpaired) electrons. The summed E-state index contributed by atoms with van der Waals surface area (Å²) < 4.78 is 5.44.